The summed E-state index contributed by atoms with van der Waals surface area (Å²) in [6.07, 6.45) is 1.40. The summed E-state index contributed by atoms with van der Waals surface area (Å²) >= 11 is 0. The number of para-hydroxylation sites is 1. The summed E-state index contributed by atoms with van der Waals surface area (Å²) in [5.41, 5.74) is -4.80. The van der Waals surface area contributed by atoms with Crippen molar-refractivity contribution in [2.24, 2.45) is 0 Å². The number of aromatic hydroxyl groups is 1. The van der Waals surface area contributed by atoms with Crippen LogP contribution in [0.25, 0.3) is 5.69 Å². The first kappa shape index (κ1) is 19.4. The largest absolute Gasteiger partial charge is 1.00 e. The summed E-state index contributed by atoms with van der Waals surface area (Å²) in [5.74, 6) is -0.196. The maximum Gasteiger partial charge on any atom is 1.00 e. The monoisotopic (exact) mass is 375 g/mol. The summed E-state index contributed by atoms with van der Waals surface area (Å²) in [6.45, 7) is 0. The Morgan fingerprint density at radius 2 is 1.71 bits per heavy atom. The van der Waals surface area contributed by atoms with E-state index >= 15 is 0 Å². The Balaban J connectivity index is 0.000000397. The fraction of sp³-hybridized carbons (Fsp3) is 0.111. The molecule has 120 valence electrons. The third kappa shape index (κ3) is 6.12. The fourth-order valence-electron chi connectivity index (χ4n) is 0.940. The van der Waals surface area contributed by atoms with E-state index in [0.29, 0.717) is 0 Å². The van der Waals surface area contributed by atoms with E-state index in [0.717, 1.165) is 5.69 Å². The molecule has 0 spiro atoms. The molecule has 0 radical (unpaired) electrons. The van der Waals surface area contributed by atoms with Crippen LogP contribution < -0.4 is 4.68 Å². The van der Waals surface area contributed by atoms with Gasteiger partial charge in [-0.25, -0.2) is 8.42 Å². The van der Waals surface area contributed by atoms with Crippen molar-refractivity contribution in [3.05, 3.63) is 36.5 Å². The Morgan fingerprint density at radius 1 is 1.24 bits per heavy atom. The minimum Gasteiger partial charge on any atom is -0.741 e. The van der Waals surface area contributed by atoms with Crippen LogP contribution in [0.5, 0.6) is 5.95 Å². The van der Waals surface area contributed by atoms with Crippen molar-refractivity contribution in [2.75, 3.05) is 0 Å². The fourth-order valence-corrected chi connectivity index (χ4v) is 0.940. The molecule has 0 aliphatic heterocycles. The third-order valence-corrected chi connectivity index (χ3v) is 2.33. The summed E-state index contributed by atoms with van der Waals surface area (Å²) < 4.78 is 64.8. The van der Waals surface area contributed by atoms with Gasteiger partial charge in [0, 0.05) is 12.1 Å². The van der Waals surface area contributed by atoms with E-state index in [-0.39, 0.29) is 23.0 Å². The molecule has 1 aromatic carbocycles. The molecule has 1 N–H and O–H groups in total. The Hall–Kier alpha value is -1.62. The van der Waals surface area contributed by atoms with Crippen molar-refractivity contribution >= 4 is 10.1 Å². The van der Waals surface area contributed by atoms with E-state index in [1.54, 1.807) is 0 Å². The normalized spacial score (nSPS) is 11.0. The summed E-state index contributed by atoms with van der Waals surface area (Å²) in [6, 6.07) is 9.40. The van der Waals surface area contributed by atoms with Gasteiger partial charge in [0.15, 0.2) is 10.1 Å². The minimum atomic E-state index is -6.09. The Morgan fingerprint density at radius 3 is 2.05 bits per heavy atom. The van der Waals surface area contributed by atoms with Crippen molar-refractivity contribution in [3.8, 4) is 11.6 Å². The zero-order valence-corrected chi connectivity index (χ0v) is 11.5. The first-order valence-corrected chi connectivity index (χ1v) is 6.17. The zero-order chi connectivity index (χ0) is 15.4. The van der Waals surface area contributed by atoms with Gasteiger partial charge in [0.2, 0.25) is 11.0 Å². The Labute approximate surface area is 127 Å². The smallest absolute Gasteiger partial charge is 0.741 e. The van der Waals surface area contributed by atoms with Crippen molar-refractivity contribution in [1.29, 1.82) is 0 Å². The molecule has 2 aromatic rings. The minimum absolute atomic E-state index is 0. The molecule has 0 saturated carbocycles. The van der Waals surface area contributed by atoms with Crippen molar-refractivity contribution in [1.82, 2.24) is 5.27 Å². The maximum atomic E-state index is 10.7. The van der Waals surface area contributed by atoms with Gasteiger partial charge >= 0.3 is 28.5 Å². The number of benzene rings is 1. The van der Waals surface area contributed by atoms with Gasteiger partial charge in [0.05, 0.1) is 0 Å². The van der Waals surface area contributed by atoms with Crippen LogP contribution in [0.1, 0.15) is 0 Å². The van der Waals surface area contributed by atoms with E-state index in [2.05, 4.69) is 9.79 Å². The molecule has 0 fully saturated rings. The Kier molecular flexibility index (Phi) is 6.83. The van der Waals surface area contributed by atoms with Gasteiger partial charge in [-0.05, 0) is 4.68 Å². The summed E-state index contributed by atoms with van der Waals surface area (Å²) in [7, 11) is -6.09. The van der Waals surface area contributed by atoms with Gasteiger partial charge in [0.1, 0.15) is 0 Å². The number of rotatable bonds is 1. The van der Waals surface area contributed by atoms with E-state index in [1.165, 1.54) is 10.9 Å². The molecular formula is C9H7CuF3N2O5S+. The molecule has 0 amide bonds. The number of halogens is 3. The molecule has 21 heavy (non-hydrogen) atoms. The molecule has 0 atom stereocenters. The topological polar surface area (TPSA) is 107 Å². The van der Waals surface area contributed by atoms with E-state index < -0.39 is 15.6 Å². The SMILES string of the molecule is O=S(=O)([O-])C(F)(F)F.Oc1c[n+](-c2ccccc2)no1.[Cu+]. The van der Waals surface area contributed by atoms with Gasteiger partial charge in [-0.15, -0.1) is 0 Å². The van der Waals surface area contributed by atoms with Crippen molar-refractivity contribution in [3.63, 3.8) is 0 Å². The van der Waals surface area contributed by atoms with Crippen LogP contribution >= 0.6 is 0 Å². The van der Waals surface area contributed by atoms with Crippen molar-refractivity contribution in [2.45, 2.75) is 5.51 Å². The van der Waals surface area contributed by atoms with Crippen LogP contribution in [-0.2, 0) is 27.2 Å². The second-order valence-corrected chi connectivity index (χ2v) is 4.59. The number of alkyl halides is 3. The van der Waals surface area contributed by atoms with Crippen LogP contribution in [0, 0.1) is 0 Å². The molecule has 0 aliphatic carbocycles. The first-order valence-electron chi connectivity index (χ1n) is 4.76. The number of aromatic nitrogens is 2. The predicted molar refractivity (Wildman–Crippen MR) is 55.5 cm³/mol. The van der Waals surface area contributed by atoms with Crippen LogP contribution in [0.4, 0.5) is 13.2 Å². The molecule has 0 saturated heterocycles. The molecular weight excluding hydrogens is 369 g/mol. The zero-order valence-electron chi connectivity index (χ0n) is 9.78. The summed E-state index contributed by atoms with van der Waals surface area (Å²) in [4.78, 5) is 0. The molecule has 1 heterocycles. The quantitative estimate of drug-likeness (QED) is 0.340. The third-order valence-electron chi connectivity index (χ3n) is 1.76. The van der Waals surface area contributed by atoms with Gasteiger partial charge in [-0.2, -0.15) is 13.2 Å². The molecule has 0 bridgehead atoms. The van der Waals surface area contributed by atoms with Gasteiger partial charge < -0.3 is 9.66 Å². The first-order chi connectivity index (χ1) is 9.11. The number of nitrogens with zero attached hydrogens (tertiary/aromatic N) is 2. The van der Waals surface area contributed by atoms with Gasteiger partial charge in [0.25, 0.3) is 6.20 Å². The van der Waals surface area contributed by atoms with E-state index in [9.17, 15) is 13.2 Å². The molecule has 0 aliphatic rings. The second kappa shape index (κ2) is 7.41. The molecule has 12 heteroatoms. The average Bonchev–Trinajstić information content (AvgIpc) is 2.75. The number of hydrogen-bond donors (Lipinski definition) is 1. The van der Waals surface area contributed by atoms with Crippen molar-refractivity contribution < 1.29 is 57.5 Å². The van der Waals surface area contributed by atoms with Crippen LogP contribution in [0.15, 0.2) is 41.1 Å². The molecule has 2 rings (SSSR count). The molecule has 7 nitrogen and oxygen atoms in total. The standard InChI is InChI=1S/C8H6N2O2.CHF3O3S.Cu/c11-8-6-10(9-12-8)7-4-2-1-3-5-7;2-1(3,4)8(5,6)7;/h1-6H;(H,5,6,7);/q;;+1. The van der Waals surface area contributed by atoms with E-state index in [1.807, 2.05) is 30.3 Å². The molecule has 1 aromatic heterocycles. The van der Waals surface area contributed by atoms with Gasteiger partial charge in [-0.1, -0.05) is 18.2 Å². The van der Waals surface area contributed by atoms with Crippen LogP contribution in [0.3, 0.4) is 0 Å². The van der Waals surface area contributed by atoms with Crippen LogP contribution in [0.2, 0.25) is 0 Å². The Bertz CT molecular complexity index is 660. The predicted octanol–water partition coefficient (Wildman–Crippen LogP) is 0.706. The summed E-state index contributed by atoms with van der Waals surface area (Å²) in [5, 5.41) is 12.4. The second-order valence-electron chi connectivity index (χ2n) is 3.22. The van der Waals surface area contributed by atoms with E-state index in [4.69, 9.17) is 18.1 Å². The molecule has 0 unspecified atom stereocenters. The van der Waals surface area contributed by atoms with Gasteiger partial charge in [-0.3, -0.25) is 4.52 Å². The average molecular weight is 376 g/mol. The number of hydrogen-bond acceptors (Lipinski definition) is 6. The maximum absolute atomic E-state index is 10.7. The van der Waals surface area contributed by atoms with Crippen LogP contribution in [-0.4, -0.2) is 28.9 Å².